The molecule has 0 atom stereocenters. The Morgan fingerprint density at radius 2 is 2.05 bits per heavy atom. The van der Waals surface area contributed by atoms with E-state index in [1.54, 1.807) is 11.8 Å². The second kappa shape index (κ2) is 6.08. The lowest BCUT2D eigenvalue weighted by Gasteiger charge is -2.40. The van der Waals surface area contributed by atoms with E-state index in [0.717, 1.165) is 29.2 Å². The van der Waals surface area contributed by atoms with Crippen molar-refractivity contribution in [2.45, 2.75) is 38.0 Å². The molecule has 4 heteroatoms. The molecular formula is C16H25N3S. The van der Waals surface area contributed by atoms with Crippen molar-refractivity contribution in [1.29, 1.82) is 5.41 Å². The number of thioether (sulfide) groups is 1. The van der Waals surface area contributed by atoms with Gasteiger partial charge in [0, 0.05) is 23.7 Å². The van der Waals surface area contributed by atoms with Gasteiger partial charge in [0.2, 0.25) is 0 Å². The first-order valence-corrected chi connectivity index (χ1v) is 8.49. The Morgan fingerprint density at radius 3 is 2.55 bits per heavy atom. The smallest absolute Gasteiger partial charge is 0.126 e. The van der Waals surface area contributed by atoms with Crippen molar-refractivity contribution >= 4 is 23.3 Å². The van der Waals surface area contributed by atoms with Crippen molar-refractivity contribution in [3.63, 3.8) is 0 Å². The van der Waals surface area contributed by atoms with Crippen LogP contribution in [0.5, 0.6) is 0 Å². The second-order valence-electron chi connectivity index (χ2n) is 5.92. The average molecular weight is 291 g/mol. The fourth-order valence-electron chi connectivity index (χ4n) is 2.86. The van der Waals surface area contributed by atoms with Gasteiger partial charge in [0.15, 0.2) is 0 Å². The van der Waals surface area contributed by atoms with Crippen LogP contribution < -0.4 is 10.6 Å². The van der Waals surface area contributed by atoms with Gasteiger partial charge in [-0.25, -0.2) is 0 Å². The molecule has 1 aliphatic heterocycles. The van der Waals surface area contributed by atoms with E-state index in [9.17, 15) is 0 Å². The predicted molar refractivity (Wildman–Crippen MR) is 89.1 cm³/mol. The van der Waals surface area contributed by atoms with Crippen molar-refractivity contribution < 1.29 is 0 Å². The number of anilines is 1. The minimum atomic E-state index is 0.175. The first-order valence-electron chi connectivity index (χ1n) is 7.27. The molecule has 1 aromatic carbocycles. The molecule has 20 heavy (non-hydrogen) atoms. The molecule has 3 N–H and O–H groups in total. The Kier molecular flexibility index (Phi) is 4.63. The van der Waals surface area contributed by atoms with Crippen LogP contribution in [-0.2, 0) is 0 Å². The van der Waals surface area contributed by atoms with Crippen molar-refractivity contribution in [2.75, 3.05) is 24.2 Å². The molecule has 2 rings (SSSR count). The van der Waals surface area contributed by atoms with Gasteiger partial charge in [-0.1, -0.05) is 26.3 Å². The summed E-state index contributed by atoms with van der Waals surface area (Å²) in [6, 6.07) is 6.22. The fourth-order valence-corrected chi connectivity index (χ4v) is 3.50. The van der Waals surface area contributed by atoms with E-state index < -0.39 is 0 Å². The maximum Gasteiger partial charge on any atom is 0.126 e. The fraction of sp³-hybridized carbons (Fsp3) is 0.562. The molecule has 1 aliphatic rings. The van der Waals surface area contributed by atoms with Gasteiger partial charge in [0.25, 0.3) is 0 Å². The van der Waals surface area contributed by atoms with Gasteiger partial charge in [-0.3, -0.25) is 5.41 Å². The van der Waals surface area contributed by atoms with Crippen LogP contribution in [0.2, 0.25) is 0 Å². The maximum atomic E-state index is 7.89. The van der Waals surface area contributed by atoms with E-state index >= 15 is 0 Å². The van der Waals surface area contributed by atoms with Crippen molar-refractivity contribution in [3.05, 3.63) is 23.8 Å². The third-order valence-corrected chi connectivity index (χ3v) is 5.44. The Bertz CT molecular complexity index is 490. The van der Waals surface area contributed by atoms with Crippen molar-refractivity contribution in [3.8, 4) is 0 Å². The van der Waals surface area contributed by atoms with Crippen LogP contribution >= 0.6 is 11.8 Å². The molecule has 1 heterocycles. The highest BCUT2D eigenvalue weighted by atomic mass is 32.2. The van der Waals surface area contributed by atoms with Gasteiger partial charge in [0.05, 0.1) is 5.56 Å². The van der Waals surface area contributed by atoms with Gasteiger partial charge in [-0.2, -0.15) is 0 Å². The molecule has 1 saturated heterocycles. The maximum absolute atomic E-state index is 7.89. The molecular weight excluding hydrogens is 266 g/mol. The zero-order valence-corrected chi connectivity index (χ0v) is 13.5. The lowest BCUT2D eigenvalue weighted by atomic mass is 9.78. The van der Waals surface area contributed by atoms with Crippen LogP contribution in [0.4, 0.5) is 5.69 Å². The van der Waals surface area contributed by atoms with Gasteiger partial charge in [-0.15, -0.1) is 11.8 Å². The van der Waals surface area contributed by atoms with Crippen molar-refractivity contribution in [2.24, 2.45) is 11.1 Å². The summed E-state index contributed by atoms with van der Waals surface area (Å²) >= 11 is 1.66. The number of nitrogens with one attached hydrogen (secondary N) is 1. The number of hydrogen-bond acceptors (Lipinski definition) is 3. The van der Waals surface area contributed by atoms with Crippen LogP contribution in [0.15, 0.2) is 23.1 Å². The van der Waals surface area contributed by atoms with Crippen LogP contribution in [0.3, 0.4) is 0 Å². The van der Waals surface area contributed by atoms with Crippen LogP contribution in [0.1, 0.15) is 38.7 Å². The number of hydrogen-bond donors (Lipinski definition) is 2. The van der Waals surface area contributed by atoms with E-state index in [1.165, 1.54) is 19.3 Å². The summed E-state index contributed by atoms with van der Waals surface area (Å²) < 4.78 is 0. The van der Waals surface area contributed by atoms with Crippen LogP contribution in [0, 0.1) is 10.8 Å². The first kappa shape index (κ1) is 15.2. The van der Waals surface area contributed by atoms with E-state index in [4.69, 9.17) is 11.1 Å². The molecule has 0 saturated carbocycles. The third-order valence-electron chi connectivity index (χ3n) is 4.66. The number of amidine groups is 1. The molecule has 1 fully saturated rings. The van der Waals surface area contributed by atoms with Gasteiger partial charge in [0.1, 0.15) is 5.84 Å². The number of nitrogens with two attached hydrogens (primary N) is 1. The standard InChI is InChI=1S/C16H25N3S/c1-4-16(2)8-10-19(11-9-16)12-6-5-7-13(20-3)14(12)15(17)18/h5-7H,4,8-11H2,1-3H3,(H3,17,18). The molecule has 110 valence electrons. The number of nitrogen functional groups attached to an aromatic ring is 1. The molecule has 0 radical (unpaired) electrons. The molecule has 1 aromatic rings. The minimum absolute atomic E-state index is 0.175. The molecule has 0 unspecified atom stereocenters. The second-order valence-corrected chi connectivity index (χ2v) is 6.77. The normalized spacial score (nSPS) is 18.1. The zero-order chi connectivity index (χ0) is 14.8. The van der Waals surface area contributed by atoms with E-state index in [-0.39, 0.29) is 5.84 Å². The summed E-state index contributed by atoms with van der Waals surface area (Å²) in [4.78, 5) is 3.49. The molecule has 0 bridgehead atoms. The molecule has 0 spiro atoms. The molecule has 0 aromatic heterocycles. The number of benzene rings is 1. The van der Waals surface area contributed by atoms with Crippen LogP contribution in [-0.4, -0.2) is 25.2 Å². The summed E-state index contributed by atoms with van der Waals surface area (Å²) in [6.07, 6.45) is 5.70. The van der Waals surface area contributed by atoms with Crippen molar-refractivity contribution in [1.82, 2.24) is 0 Å². The highest BCUT2D eigenvalue weighted by Gasteiger charge is 2.29. The van der Waals surface area contributed by atoms with E-state index in [0.29, 0.717) is 5.41 Å². The molecule has 0 aliphatic carbocycles. The Morgan fingerprint density at radius 1 is 1.40 bits per heavy atom. The summed E-state index contributed by atoms with van der Waals surface area (Å²) in [6.45, 7) is 6.78. The minimum Gasteiger partial charge on any atom is -0.384 e. The van der Waals surface area contributed by atoms with E-state index in [1.807, 2.05) is 12.3 Å². The summed E-state index contributed by atoms with van der Waals surface area (Å²) in [5.41, 5.74) is 8.33. The van der Waals surface area contributed by atoms with Gasteiger partial charge < -0.3 is 10.6 Å². The zero-order valence-electron chi connectivity index (χ0n) is 12.7. The highest BCUT2D eigenvalue weighted by Crippen LogP contribution is 2.37. The van der Waals surface area contributed by atoms with Crippen LogP contribution in [0.25, 0.3) is 0 Å². The Balaban J connectivity index is 2.28. The largest absolute Gasteiger partial charge is 0.384 e. The quantitative estimate of drug-likeness (QED) is 0.505. The number of rotatable bonds is 4. The highest BCUT2D eigenvalue weighted by molar-refractivity contribution is 7.98. The molecule has 0 amide bonds. The van der Waals surface area contributed by atoms with Gasteiger partial charge in [-0.05, 0) is 36.6 Å². The number of nitrogens with zero attached hydrogens (tertiary/aromatic N) is 1. The summed E-state index contributed by atoms with van der Waals surface area (Å²) in [5.74, 6) is 0.175. The van der Waals surface area contributed by atoms with Gasteiger partial charge >= 0.3 is 0 Å². The lowest BCUT2D eigenvalue weighted by molar-refractivity contribution is 0.238. The summed E-state index contributed by atoms with van der Waals surface area (Å²) in [7, 11) is 0. The SMILES string of the molecule is CCC1(C)CCN(c2cccc(SC)c2C(=N)N)CC1. The first-order chi connectivity index (χ1) is 9.50. The topological polar surface area (TPSA) is 53.1 Å². The summed E-state index contributed by atoms with van der Waals surface area (Å²) in [5, 5.41) is 7.89. The van der Waals surface area contributed by atoms with E-state index in [2.05, 4.69) is 30.9 Å². The lowest BCUT2D eigenvalue weighted by Crippen LogP contribution is -2.39. The Labute approximate surface area is 126 Å². The molecule has 3 nitrogen and oxygen atoms in total. The average Bonchev–Trinajstić information content (AvgIpc) is 2.47. The number of piperidine rings is 1. The third kappa shape index (κ3) is 2.95. The predicted octanol–water partition coefficient (Wildman–Crippen LogP) is 3.71. The Hall–Kier alpha value is -1.16. The monoisotopic (exact) mass is 291 g/mol.